The van der Waals surface area contributed by atoms with Crippen LogP contribution in [0.3, 0.4) is 0 Å². The van der Waals surface area contributed by atoms with Gasteiger partial charge in [0.1, 0.15) is 6.10 Å². The molecule has 0 aliphatic carbocycles. The fourth-order valence-electron chi connectivity index (χ4n) is 2.30. The van der Waals surface area contributed by atoms with Gasteiger partial charge in [0.05, 0.1) is 13.2 Å². The van der Waals surface area contributed by atoms with Crippen molar-refractivity contribution in [2.45, 2.75) is 12.2 Å². The molecule has 1 fully saturated rings. The molecule has 0 spiro atoms. The Kier molecular flexibility index (Phi) is 5.26. The molecule has 1 heterocycles. The van der Waals surface area contributed by atoms with Gasteiger partial charge in [0.25, 0.3) is 0 Å². The van der Waals surface area contributed by atoms with Crippen LogP contribution >= 0.6 is 15.9 Å². The van der Waals surface area contributed by atoms with E-state index in [0.717, 1.165) is 23.1 Å². The second-order valence-corrected chi connectivity index (χ2v) is 5.98. The molecule has 1 saturated heterocycles. The number of benzene rings is 1. The summed E-state index contributed by atoms with van der Waals surface area (Å²) in [5.41, 5.74) is 0.736. The van der Waals surface area contributed by atoms with E-state index in [9.17, 15) is 5.11 Å². The van der Waals surface area contributed by atoms with Crippen LogP contribution in [0.25, 0.3) is 0 Å². The van der Waals surface area contributed by atoms with Crippen LogP contribution in [0.4, 0.5) is 0 Å². The van der Waals surface area contributed by atoms with Gasteiger partial charge in [0.2, 0.25) is 0 Å². The maximum Gasteiger partial charge on any atom is 0.167 e. The minimum absolute atomic E-state index is 0.149. The molecule has 1 atom stereocenters. The summed E-state index contributed by atoms with van der Waals surface area (Å²) in [4.78, 5) is 2.18. The van der Waals surface area contributed by atoms with E-state index < -0.39 is 6.10 Å². The van der Waals surface area contributed by atoms with Gasteiger partial charge in [-0.15, -0.1) is 0 Å². The van der Waals surface area contributed by atoms with E-state index in [1.165, 1.54) is 0 Å². The van der Waals surface area contributed by atoms with Gasteiger partial charge in [0.15, 0.2) is 11.5 Å². The lowest BCUT2D eigenvalue weighted by Crippen LogP contribution is -2.51. The SMILES string of the molecule is CNCC(O)c1cc(Br)cc(OC)c1OC1CN(C)C1. The van der Waals surface area contributed by atoms with Crippen LogP contribution < -0.4 is 14.8 Å². The van der Waals surface area contributed by atoms with Crippen LogP contribution in [0.5, 0.6) is 11.5 Å². The summed E-state index contributed by atoms with van der Waals surface area (Å²) in [5, 5.41) is 13.2. The van der Waals surface area contributed by atoms with Gasteiger partial charge < -0.3 is 19.9 Å². The summed E-state index contributed by atoms with van der Waals surface area (Å²) in [5.74, 6) is 1.27. The average molecular weight is 345 g/mol. The van der Waals surface area contributed by atoms with Crippen LogP contribution in [-0.2, 0) is 0 Å². The van der Waals surface area contributed by atoms with E-state index >= 15 is 0 Å². The number of rotatable bonds is 6. The van der Waals surface area contributed by atoms with Gasteiger partial charge in [-0.2, -0.15) is 0 Å². The summed E-state index contributed by atoms with van der Waals surface area (Å²) in [7, 11) is 5.46. The Morgan fingerprint density at radius 2 is 2.20 bits per heavy atom. The molecular formula is C14H21BrN2O3. The van der Waals surface area contributed by atoms with Gasteiger partial charge in [-0.05, 0) is 26.2 Å². The van der Waals surface area contributed by atoms with Crippen LogP contribution in [0, 0.1) is 0 Å². The second-order valence-electron chi connectivity index (χ2n) is 5.06. The van der Waals surface area contributed by atoms with Crippen LogP contribution in [-0.4, -0.2) is 56.9 Å². The molecule has 20 heavy (non-hydrogen) atoms. The standard InChI is InChI=1S/C14H21BrN2O3/c1-16-6-12(18)11-4-9(15)5-13(19-3)14(11)20-10-7-17(2)8-10/h4-5,10,12,16,18H,6-8H2,1-3H3. The maximum absolute atomic E-state index is 10.3. The van der Waals surface area contributed by atoms with E-state index in [1.807, 2.05) is 12.1 Å². The molecule has 0 bridgehead atoms. The zero-order valence-corrected chi connectivity index (χ0v) is 13.6. The fraction of sp³-hybridized carbons (Fsp3) is 0.571. The maximum atomic E-state index is 10.3. The third-order valence-electron chi connectivity index (χ3n) is 3.34. The number of hydrogen-bond acceptors (Lipinski definition) is 5. The molecule has 2 rings (SSSR count). The van der Waals surface area contributed by atoms with Crippen molar-refractivity contribution in [3.8, 4) is 11.5 Å². The second kappa shape index (κ2) is 6.76. The molecule has 5 nitrogen and oxygen atoms in total. The Morgan fingerprint density at radius 3 is 2.75 bits per heavy atom. The molecular weight excluding hydrogens is 324 g/mol. The molecule has 0 saturated carbocycles. The minimum atomic E-state index is -0.640. The van der Waals surface area contributed by atoms with Gasteiger partial charge in [-0.25, -0.2) is 0 Å². The summed E-state index contributed by atoms with van der Waals surface area (Å²) < 4.78 is 12.3. The first kappa shape index (κ1) is 15.6. The Balaban J connectivity index is 2.29. The van der Waals surface area contributed by atoms with Gasteiger partial charge in [-0.3, -0.25) is 4.90 Å². The molecule has 2 N–H and O–H groups in total. The first-order chi connectivity index (χ1) is 9.55. The number of hydrogen-bond donors (Lipinski definition) is 2. The van der Waals surface area contributed by atoms with E-state index in [2.05, 4.69) is 33.2 Å². The van der Waals surface area contributed by atoms with Crippen molar-refractivity contribution in [2.24, 2.45) is 0 Å². The highest BCUT2D eigenvalue weighted by molar-refractivity contribution is 9.10. The third-order valence-corrected chi connectivity index (χ3v) is 3.80. The van der Waals surface area contributed by atoms with Crippen molar-refractivity contribution < 1.29 is 14.6 Å². The largest absolute Gasteiger partial charge is 0.493 e. The van der Waals surface area contributed by atoms with Crippen molar-refractivity contribution in [3.05, 3.63) is 22.2 Å². The highest BCUT2D eigenvalue weighted by Crippen LogP contribution is 2.39. The van der Waals surface area contributed by atoms with Crippen molar-refractivity contribution in [1.29, 1.82) is 0 Å². The highest BCUT2D eigenvalue weighted by atomic mass is 79.9. The number of halogens is 1. The Labute approximate surface area is 128 Å². The molecule has 1 aliphatic rings. The quantitative estimate of drug-likeness (QED) is 0.817. The highest BCUT2D eigenvalue weighted by Gasteiger charge is 2.28. The van der Waals surface area contributed by atoms with Gasteiger partial charge >= 0.3 is 0 Å². The first-order valence-electron chi connectivity index (χ1n) is 6.60. The molecule has 1 unspecified atom stereocenters. The van der Waals surface area contributed by atoms with E-state index in [4.69, 9.17) is 9.47 Å². The minimum Gasteiger partial charge on any atom is -0.493 e. The number of ether oxygens (including phenoxy) is 2. The third kappa shape index (κ3) is 3.44. The predicted molar refractivity (Wildman–Crippen MR) is 81.5 cm³/mol. The summed E-state index contributed by atoms with van der Waals surface area (Å²) in [6.45, 7) is 2.24. The summed E-state index contributed by atoms with van der Waals surface area (Å²) in [6.07, 6.45) is -0.491. The molecule has 112 valence electrons. The monoisotopic (exact) mass is 344 g/mol. The van der Waals surface area contributed by atoms with Gasteiger partial charge in [0, 0.05) is 29.7 Å². The predicted octanol–water partition coefficient (Wildman–Crippen LogP) is 1.40. The Hall–Kier alpha value is -0.820. The van der Waals surface area contributed by atoms with E-state index in [-0.39, 0.29) is 6.10 Å². The summed E-state index contributed by atoms with van der Waals surface area (Å²) in [6, 6.07) is 3.73. The molecule has 0 amide bonds. The molecule has 0 aromatic heterocycles. The van der Waals surface area contributed by atoms with Crippen molar-refractivity contribution in [3.63, 3.8) is 0 Å². The number of likely N-dealkylation sites (N-methyl/N-ethyl adjacent to an activating group) is 2. The van der Waals surface area contributed by atoms with Crippen LogP contribution in [0.15, 0.2) is 16.6 Å². The van der Waals surface area contributed by atoms with E-state index in [1.54, 1.807) is 14.2 Å². The van der Waals surface area contributed by atoms with E-state index in [0.29, 0.717) is 18.0 Å². The lowest BCUT2D eigenvalue weighted by molar-refractivity contribution is 0.0340. The zero-order chi connectivity index (χ0) is 14.7. The molecule has 6 heteroatoms. The molecule has 1 aliphatic heterocycles. The van der Waals surface area contributed by atoms with Gasteiger partial charge in [-0.1, -0.05) is 15.9 Å². The molecule has 0 radical (unpaired) electrons. The smallest absolute Gasteiger partial charge is 0.167 e. The lowest BCUT2D eigenvalue weighted by Gasteiger charge is -2.37. The Bertz CT molecular complexity index is 464. The topological polar surface area (TPSA) is 54.0 Å². The average Bonchev–Trinajstić information content (AvgIpc) is 2.38. The molecule has 1 aromatic carbocycles. The number of aliphatic hydroxyl groups is 1. The number of likely N-dealkylation sites (tertiary alicyclic amines) is 1. The van der Waals surface area contributed by atoms with Crippen LogP contribution in [0.2, 0.25) is 0 Å². The zero-order valence-electron chi connectivity index (χ0n) is 12.0. The lowest BCUT2D eigenvalue weighted by atomic mass is 10.1. The number of methoxy groups -OCH3 is 1. The fourth-order valence-corrected chi connectivity index (χ4v) is 2.75. The van der Waals surface area contributed by atoms with Crippen molar-refractivity contribution in [1.82, 2.24) is 10.2 Å². The van der Waals surface area contributed by atoms with Crippen LogP contribution in [0.1, 0.15) is 11.7 Å². The summed E-state index contributed by atoms with van der Waals surface area (Å²) >= 11 is 3.44. The molecule has 1 aromatic rings. The normalized spacial score (nSPS) is 17.6. The Morgan fingerprint density at radius 1 is 1.50 bits per heavy atom. The number of nitrogens with one attached hydrogen (secondary N) is 1. The van der Waals surface area contributed by atoms with Crippen molar-refractivity contribution >= 4 is 15.9 Å². The number of aliphatic hydroxyl groups excluding tert-OH is 1. The number of nitrogens with zero attached hydrogens (tertiary/aromatic N) is 1. The van der Waals surface area contributed by atoms with Crippen molar-refractivity contribution in [2.75, 3.05) is 40.8 Å². The first-order valence-corrected chi connectivity index (χ1v) is 7.39.